The van der Waals surface area contributed by atoms with Crippen LogP contribution in [-0.2, 0) is 9.59 Å². The zero-order chi connectivity index (χ0) is 19.0. The van der Waals surface area contributed by atoms with Crippen molar-refractivity contribution < 1.29 is 9.59 Å². The summed E-state index contributed by atoms with van der Waals surface area (Å²) in [6, 6.07) is 14.5. The first-order valence-corrected chi connectivity index (χ1v) is 8.71. The molecule has 7 heteroatoms. The number of aryl methyl sites for hydroxylation is 2. The minimum absolute atomic E-state index is 0.0152. The van der Waals surface area contributed by atoms with E-state index in [2.05, 4.69) is 20.7 Å². The average molecular weight is 361 g/mol. The van der Waals surface area contributed by atoms with Crippen LogP contribution in [0, 0.1) is 13.8 Å². The van der Waals surface area contributed by atoms with E-state index in [1.165, 1.54) is 4.68 Å². The van der Waals surface area contributed by atoms with Gasteiger partial charge in [0.15, 0.2) is 5.82 Å². The molecular weight excluding hydrogens is 342 g/mol. The van der Waals surface area contributed by atoms with Gasteiger partial charge in [-0.05, 0) is 31.0 Å². The van der Waals surface area contributed by atoms with Gasteiger partial charge in [-0.3, -0.25) is 14.9 Å². The van der Waals surface area contributed by atoms with Gasteiger partial charge in [-0.1, -0.05) is 42.5 Å². The standard InChI is InChI=1S/C20H19N5O2/c1-12-8-9-13(2)15(10-12)21-19(27)16-11-17(26)22-20-23-18(24-25(16)20)14-6-4-3-5-7-14/h3-10,16H,11H2,1-2H3,(H,21,27)(H,22,23,24,26)/t16-/m0/s1. The summed E-state index contributed by atoms with van der Waals surface area (Å²) in [5.41, 5.74) is 3.56. The van der Waals surface area contributed by atoms with Gasteiger partial charge in [0.1, 0.15) is 6.04 Å². The molecule has 1 atom stereocenters. The highest BCUT2D eigenvalue weighted by Gasteiger charge is 2.33. The van der Waals surface area contributed by atoms with Crippen molar-refractivity contribution in [2.75, 3.05) is 10.6 Å². The molecule has 1 aliphatic heterocycles. The van der Waals surface area contributed by atoms with E-state index in [0.717, 1.165) is 22.4 Å². The number of amides is 2. The number of hydrogen-bond acceptors (Lipinski definition) is 4. The molecule has 4 rings (SSSR count). The van der Waals surface area contributed by atoms with Gasteiger partial charge in [0, 0.05) is 11.3 Å². The molecule has 2 heterocycles. The Morgan fingerprint density at radius 1 is 1.19 bits per heavy atom. The van der Waals surface area contributed by atoms with E-state index in [1.807, 2.05) is 62.4 Å². The number of aromatic nitrogens is 3. The van der Waals surface area contributed by atoms with Gasteiger partial charge >= 0.3 is 0 Å². The second-order valence-corrected chi connectivity index (χ2v) is 6.65. The second kappa shape index (κ2) is 6.68. The summed E-state index contributed by atoms with van der Waals surface area (Å²) in [5.74, 6) is 0.212. The van der Waals surface area contributed by atoms with Crippen molar-refractivity contribution in [3.8, 4) is 11.4 Å². The van der Waals surface area contributed by atoms with Crippen LogP contribution >= 0.6 is 0 Å². The van der Waals surface area contributed by atoms with Crippen LogP contribution in [0.2, 0.25) is 0 Å². The molecule has 0 unspecified atom stereocenters. The lowest BCUT2D eigenvalue weighted by molar-refractivity contribution is -0.125. The molecule has 136 valence electrons. The molecule has 0 bridgehead atoms. The lowest BCUT2D eigenvalue weighted by Crippen LogP contribution is -2.36. The maximum atomic E-state index is 12.9. The molecule has 3 aromatic rings. The van der Waals surface area contributed by atoms with Crippen molar-refractivity contribution in [3.63, 3.8) is 0 Å². The fraction of sp³-hybridized carbons (Fsp3) is 0.200. The van der Waals surface area contributed by atoms with Crippen molar-refractivity contribution in [3.05, 3.63) is 59.7 Å². The summed E-state index contributed by atoms with van der Waals surface area (Å²) in [6.07, 6.45) is 0.0152. The van der Waals surface area contributed by atoms with E-state index >= 15 is 0 Å². The molecule has 7 nitrogen and oxygen atoms in total. The van der Waals surface area contributed by atoms with Gasteiger partial charge in [-0.25, -0.2) is 4.68 Å². The summed E-state index contributed by atoms with van der Waals surface area (Å²) < 4.78 is 1.49. The van der Waals surface area contributed by atoms with E-state index in [0.29, 0.717) is 5.82 Å². The summed E-state index contributed by atoms with van der Waals surface area (Å²) >= 11 is 0. The maximum Gasteiger partial charge on any atom is 0.249 e. The van der Waals surface area contributed by atoms with E-state index in [1.54, 1.807) is 0 Å². The number of nitrogens with one attached hydrogen (secondary N) is 2. The fourth-order valence-electron chi connectivity index (χ4n) is 3.06. The summed E-state index contributed by atoms with van der Waals surface area (Å²) in [6.45, 7) is 3.89. The Balaban J connectivity index is 1.66. The van der Waals surface area contributed by atoms with Gasteiger partial charge in [-0.15, -0.1) is 5.10 Å². The van der Waals surface area contributed by atoms with Crippen LogP contribution in [0.5, 0.6) is 0 Å². The third-order valence-corrected chi connectivity index (χ3v) is 4.54. The van der Waals surface area contributed by atoms with E-state index < -0.39 is 6.04 Å². The molecule has 0 aliphatic carbocycles. The number of rotatable bonds is 3. The van der Waals surface area contributed by atoms with Gasteiger partial charge in [0.05, 0.1) is 6.42 Å². The molecule has 0 fully saturated rings. The lowest BCUT2D eigenvalue weighted by atomic mass is 10.1. The second-order valence-electron chi connectivity index (χ2n) is 6.65. The van der Waals surface area contributed by atoms with Crippen LogP contribution < -0.4 is 10.6 Å². The highest BCUT2D eigenvalue weighted by atomic mass is 16.2. The monoisotopic (exact) mass is 361 g/mol. The number of nitrogens with zero attached hydrogens (tertiary/aromatic N) is 3. The van der Waals surface area contributed by atoms with Gasteiger partial charge in [-0.2, -0.15) is 4.98 Å². The Kier molecular flexibility index (Phi) is 4.19. The quantitative estimate of drug-likeness (QED) is 0.750. The molecule has 0 saturated carbocycles. The van der Waals surface area contributed by atoms with Gasteiger partial charge in [0.2, 0.25) is 17.8 Å². The van der Waals surface area contributed by atoms with Crippen LogP contribution in [0.15, 0.2) is 48.5 Å². The highest BCUT2D eigenvalue weighted by molar-refractivity contribution is 6.01. The number of anilines is 2. The van der Waals surface area contributed by atoms with Crippen molar-refractivity contribution in [1.82, 2.24) is 14.8 Å². The molecule has 1 aromatic heterocycles. The van der Waals surface area contributed by atoms with Crippen LogP contribution in [-0.4, -0.2) is 26.6 Å². The normalized spacial score (nSPS) is 15.8. The van der Waals surface area contributed by atoms with Crippen LogP contribution in [0.4, 0.5) is 11.6 Å². The summed E-state index contributed by atoms with van der Waals surface area (Å²) in [7, 11) is 0. The van der Waals surface area contributed by atoms with Crippen LogP contribution in [0.1, 0.15) is 23.6 Å². The molecule has 2 amide bonds. The zero-order valence-corrected chi connectivity index (χ0v) is 15.1. The maximum absolute atomic E-state index is 12.9. The Bertz CT molecular complexity index is 1030. The molecule has 0 spiro atoms. The number of hydrogen-bond donors (Lipinski definition) is 2. The van der Waals surface area contributed by atoms with Crippen LogP contribution in [0.25, 0.3) is 11.4 Å². The first-order chi connectivity index (χ1) is 13.0. The minimum atomic E-state index is -0.751. The average Bonchev–Trinajstić information content (AvgIpc) is 3.08. The molecule has 0 radical (unpaired) electrons. The first-order valence-electron chi connectivity index (χ1n) is 8.71. The van der Waals surface area contributed by atoms with Gasteiger partial charge in [0.25, 0.3) is 0 Å². The smallest absolute Gasteiger partial charge is 0.249 e. The zero-order valence-electron chi connectivity index (χ0n) is 15.1. The highest BCUT2D eigenvalue weighted by Crippen LogP contribution is 2.28. The van der Waals surface area contributed by atoms with Crippen molar-refractivity contribution >= 4 is 23.5 Å². The molecule has 2 N–H and O–H groups in total. The molecular formula is C20H19N5O2. The predicted molar refractivity (Wildman–Crippen MR) is 102 cm³/mol. The largest absolute Gasteiger partial charge is 0.324 e. The number of benzene rings is 2. The summed E-state index contributed by atoms with van der Waals surface area (Å²) in [5, 5.41) is 10.1. The Hall–Kier alpha value is -3.48. The molecule has 0 saturated heterocycles. The Morgan fingerprint density at radius 2 is 1.96 bits per heavy atom. The molecule has 2 aromatic carbocycles. The van der Waals surface area contributed by atoms with E-state index in [9.17, 15) is 9.59 Å². The molecule has 27 heavy (non-hydrogen) atoms. The third-order valence-electron chi connectivity index (χ3n) is 4.54. The fourth-order valence-corrected chi connectivity index (χ4v) is 3.06. The SMILES string of the molecule is Cc1ccc(C)c(NC(=O)[C@@H]2CC(=O)Nc3nc(-c4ccccc4)nn32)c1. The summed E-state index contributed by atoms with van der Waals surface area (Å²) in [4.78, 5) is 29.4. The lowest BCUT2D eigenvalue weighted by Gasteiger charge is -2.23. The van der Waals surface area contributed by atoms with Gasteiger partial charge < -0.3 is 5.32 Å². The topological polar surface area (TPSA) is 88.9 Å². The number of carbonyl (C=O) groups is 2. The minimum Gasteiger partial charge on any atom is -0.324 e. The first kappa shape index (κ1) is 17.0. The Labute approximate surface area is 156 Å². The molecule has 1 aliphatic rings. The number of fused-ring (bicyclic) bond motifs is 1. The van der Waals surface area contributed by atoms with E-state index in [4.69, 9.17) is 0 Å². The predicted octanol–water partition coefficient (Wildman–Crippen LogP) is 3.08. The van der Waals surface area contributed by atoms with Crippen molar-refractivity contribution in [1.29, 1.82) is 0 Å². The van der Waals surface area contributed by atoms with Crippen LogP contribution in [0.3, 0.4) is 0 Å². The van der Waals surface area contributed by atoms with E-state index in [-0.39, 0.29) is 24.2 Å². The third kappa shape index (κ3) is 3.31. The Morgan fingerprint density at radius 3 is 2.74 bits per heavy atom. The number of carbonyl (C=O) groups excluding carboxylic acids is 2. The van der Waals surface area contributed by atoms with Crippen molar-refractivity contribution in [2.24, 2.45) is 0 Å². The van der Waals surface area contributed by atoms with Crippen molar-refractivity contribution in [2.45, 2.75) is 26.3 Å².